The molecule has 0 bridgehead atoms. The molecule has 154 valence electrons. The van der Waals surface area contributed by atoms with E-state index < -0.39 is 22.8 Å². The number of anilines is 1. The van der Waals surface area contributed by atoms with Gasteiger partial charge in [-0.05, 0) is 26.1 Å². The normalized spacial score (nSPS) is 29.5. The molecule has 3 aliphatic heterocycles. The van der Waals surface area contributed by atoms with E-state index in [-0.39, 0.29) is 24.0 Å². The highest BCUT2D eigenvalue weighted by Crippen LogP contribution is 2.65. The number of ether oxygens (including phenoxy) is 2. The van der Waals surface area contributed by atoms with Crippen molar-refractivity contribution in [3.05, 3.63) is 53.6 Å². The molecule has 2 aromatic carbocycles. The second kappa shape index (κ2) is 5.92. The molecule has 0 aliphatic carbocycles. The molecule has 7 nitrogen and oxygen atoms in total. The molecule has 0 radical (unpaired) electrons. The Hall–Kier alpha value is -3.19. The van der Waals surface area contributed by atoms with E-state index in [1.54, 1.807) is 31.1 Å². The molecule has 5 rings (SSSR count). The van der Waals surface area contributed by atoms with Gasteiger partial charge in [-0.15, -0.1) is 0 Å². The molecule has 3 heterocycles. The van der Waals surface area contributed by atoms with E-state index in [0.717, 1.165) is 11.3 Å². The number of carbonyl (C=O) groups excluding carboxylic acids is 3. The van der Waals surface area contributed by atoms with Crippen molar-refractivity contribution < 1.29 is 23.9 Å². The molecule has 0 unspecified atom stereocenters. The molecule has 1 spiro atoms. The summed E-state index contributed by atoms with van der Waals surface area (Å²) in [6.45, 7) is 1.50. The number of esters is 1. The molecule has 3 aliphatic rings. The average molecular weight is 406 g/mol. The van der Waals surface area contributed by atoms with Crippen LogP contribution in [0.1, 0.15) is 24.0 Å². The van der Waals surface area contributed by atoms with Crippen molar-refractivity contribution in [1.29, 1.82) is 0 Å². The summed E-state index contributed by atoms with van der Waals surface area (Å²) in [5.41, 5.74) is -0.486. The molecule has 0 aromatic heterocycles. The van der Waals surface area contributed by atoms with Crippen LogP contribution in [-0.2, 0) is 19.9 Å². The second-order valence-electron chi connectivity index (χ2n) is 8.23. The number of carbonyl (C=O) groups is 3. The minimum atomic E-state index is -1.48. The molecule has 1 saturated heterocycles. The first-order valence-corrected chi connectivity index (χ1v) is 9.81. The van der Waals surface area contributed by atoms with Crippen LogP contribution in [0, 0.1) is 5.41 Å². The summed E-state index contributed by atoms with van der Waals surface area (Å²) in [4.78, 5) is 43.8. The Morgan fingerprint density at radius 3 is 2.57 bits per heavy atom. The first-order valence-electron chi connectivity index (χ1n) is 9.81. The van der Waals surface area contributed by atoms with Gasteiger partial charge in [-0.25, -0.2) is 0 Å². The fraction of sp³-hybridized carbons (Fsp3) is 0.348. The number of fused-ring (bicyclic) bond motifs is 6. The fourth-order valence-corrected chi connectivity index (χ4v) is 5.73. The average Bonchev–Trinajstić information content (AvgIpc) is 3.15. The highest BCUT2D eigenvalue weighted by Gasteiger charge is 2.74. The number of hydrogen-bond acceptors (Lipinski definition) is 6. The predicted octanol–water partition coefficient (Wildman–Crippen LogP) is 2.09. The van der Waals surface area contributed by atoms with Gasteiger partial charge in [-0.1, -0.05) is 30.3 Å². The van der Waals surface area contributed by atoms with Crippen molar-refractivity contribution in [3.63, 3.8) is 0 Å². The Morgan fingerprint density at radius 1 is 1.13 bits per heavy atom. The zero-order valence-electron chi connectivity index (χ0n) is 17.3. The van der Waals surface area contributed by atoms with Crippen LogP contribution in [-0.4, -0.2) is 50.3 Å². The molecular weight excluding hydrogens is 384 g/mol. The lowest BCUT2D eigenvalue weighted by molar-refractivity contribution is -0.154. The Morgan fingerprint density at radius 2 is 1.87 bits per heavy atom. The van der Waals surface area contributed by atoms with E-state index in [1.807, 2.05) is 35.2 Å². The van der Waals surface area contributed by atoms with Gasteiger partial charge in [0.2, 0.25) is 0 Å². The minimum absolute atomic E-state index is 0.0936. The van der Waals surface area contributed by atoms with E-state index in [0.29, 0.717) is 11.3 Å². The van der Waals surface area contributed by atoms with E-state index in [2.05, 4.69) is 0 Å². The maximum Gasteiger partial charge on any atom is 0.327 e. The highest BCUT2D eigenvalue weighted by atomic mass is 16.6. The second-order valence-corrected chi connectivity index (χ2v) is 8.23. The third-order valence-corrected chi connectivity index (χ3v) is 7.03. The number of hydrogen-bond donors (Lipinski definition) is 0. The van der Waals surface area contributed by atoms with Crippen molar-refractivity contribution in [2.75, 3.05) is 32.6 Å². The van der Waals surface area contributed by atoms with Crippen LogP contribution in [0.4, 0.5) is 5.69 Å². The van der Waals surface area contributed by atoms with E-state index in [1.165, 1.54) is 14.0 Å². The SMILES string of the molecule is COc1cccc2c1OC(=O)[C@]1(C(C)=O)CN(C)[C@]3(C(=O)N(C)c4ccccc43)[C@H]21. The Labute approximate surface area is 174 Å². The van der Waals surface area contributed by atoms with Crippen LogP contribution in [0.5, 0.6) is 11.5 Å². The van der Waals surface area contributed by atoms with Gasteiger partial charge in [-0.2, -0.15) is 0 Å². The minimum Gasteiger partial charge on any atom is -0.493 e. The van der Waals surface area contributed by atoms with Crippen LogP contribution in [0.15, 0.2) is 42.5 Å². The van der Waals surface area contributed by atoms with E-state index in [9.17, 15) is 14.4 Å². The largest absolute Gasteiger partial charge is 0.493 e. The molecule has 0 saturated carbocycles. The number of likely N-dealkylation sites (N-methyl/N-ethyl adjacent to an activating group) is 2. The van der Waals surface area contributed by atoms with Crippen LogP contribution in [0.25, 0.3) is 0 Å². The zero-order chi connectivity index (χ0) is 21.4. The summed E-state index contributed by atoms with van der Waals surface area (Å²) in [5.74, 6) is -1.17. The van der Waals surface area contributed by atoms with Gasteiger partial charge in [-0.3, -0.25) is 19.3 Å². The van der Waals surface area contributed by atoms with E-state index in [4.69, 9.17) is 9.47 Å². The van der Waals surface area contributed by atoms with Crippen molar-refractivity contribution in [2.24, 2.45) is 5.41 Å². The number of benzene rings is 2. The number of methoxy groups -OCH3 is 1. The van der Waals surface area contributed by atoms with Gasteiger partial charge in [0.15, 0.2) is 11.5 Å². The summed E-state index contributed by atoms with van der Waals surface area (Å²) in [6, 6.07) is 12.9. The Kier molecular flexibility index (Phi) is 3.71. The number of nitrogens with zero attached hydrogens (tertiary/aromatic N) is 2. The lowest BCUT2D eigenvalue weighted by Crippen LogP contribution is -2.54. The monoisotopic (exact) mass is 406 g/mol. The van der Waals surface area contributed by atoms with Crippen molar-refractivity contribution in [3.8, 4) is 11.5 Å². The number of ketones is 1. The van der Waals surface area contributed by atoms with Crippen molar-refractivity contribution >= 4 is 23.3 Å². The maximum atomic E-state index is 13.9. The van der Waals surface area contributed by atoms with Crippen LogP contribution >= 0.6 is 0 Å². The van der Waals surface area contributed by atoms with E-state index >= 15 is 0 Å². The molecule has 1 fully saturated rings. The van der Waals surface area contributed by atoms with Gasteiger partial charge in [0.05, 0.1) is 7.11 Å². The Balaban J connectivity index is 1.91. The van der Waals surface area contributed by atoms with Crippen LogP contribution < -0.4 is 14.4 Å². The molecule has 3 atom stereocenters. The molecule has 30 heavy (non-hydrogen) atoms. The summed E-state index contributed by atoms with van der Waals surface area (Å²) in [7, 11) is 5.02. The third-order valence-electron chi connectivity index (χ3n) is 7.03. The third kappa shape index (κ3) is 1.87. The van der Waals surface area contributed by atoms with Gasteiger partial charge >= 0.3 is 5.97 Å². The zero-order valence-corrected chi connectivity index (χ0v) is 17.3. The molecule has 7 heteroatoms. The fourth-order valence-electron chi connectivity index (χ4n) is 5.73. The number of para-hydroxylation sites is 2. The van der Waals surface area contributed by atoms with Gasteiger partial charge in [0.1, 0.15) is 16.7 Å². The van der Waals surface area contributed by atoms with Gasteiger partial charge in [0, 0.05) is 36.3 Å². The molecule has 2 aromatic rings. The molecular formula is C23H22N2O5. The van der Waals surface area contributed by atoms with Crippen LogP contribution in [0.2, 0.25) is 0 Å². The first-order chi connectivity index (χ1) is 14.3. The van der Waals surface area contributed by atoms with Crippen LogP contribution in [0.3, 0.4) is 0 Å². The smallest absolute Gasteiger partial charge is 0.327 e. The predicted molar refractivity (Wildman–Crippen MR) is 109 cm³/mol. The number of rotatable bonds is 2. The summed E-state index contributed by atoms with van der Waals surface area (Å²) in [5, 5.41) is 0. The number of amides is 1. The Bertz CT molecular complexity index is 1130. The van der Waals surface area contributed by atoms with Gasteiger partial charge in [0.25, 0.3) is 5.91 Å². The summed E-state index contributed by atoms with van der Waals surface area (Å²) >= 11 is 0. The van der Waals surface area contributed by atoms with Gasteiger partial charge < -0.3 is 14.4 Å². The molecule has 0 N–H and O–H groups in total. The lowest BCUT2D eigenvalue weighted by atomic mass is 9.62. The van der Waals surface area contributed by atoms with Crippen molar-refractivity contribution in [1.82, 2.24) is 4.90 Å². The lowest BCUT2D eigenvalue weighted by Gasteiger charge is -2.42. The first kappa shape index (κ1) is 18.8. The van der Waals surface area contributed by atoms with Crippen molar-refractivity contribution in [2.45, 2.75) is 18.4 Å². The molecule has 1 amide bonds. The quantitative estimate of drug-likeness (QED) is 0.432. The number of likely N-dealkylation sites (tertiary alicyclic amines) is 1. The summed E-state index contributed by atoms with van der Waals surface area (Å²) in [6.07, 6.45) is 0. The summed E-state index contributed by atoms with van der Waals surface area (Å²) < 4.78 is 11.1. The topological polar surface area (TPSA) is 76.1 Å². The highest BCUT2D eigenvalue weighted by molar-refractivity contribution is 6.14. The standard InChI is InChI=1S/C23H22N2O5/c1-13(26)22-12-24(2)23(15-9-5-6-10-16(15)25(3)20(23)27)19(22)14-8-7-11-17(29-4)18(14)30-21(22)28/h5-11,19H,12H2,1-4H3/t19-,22+,23+/m1/s1. The maximum absolute atomic E-state index is 13.9. The number of Topliss-reactive ketones (excluding diaryl/α,β-unsaturated/α-hetero) is 1.